The highest BCUT2D eigenvalue weighted by atomic mass is 32.1. The van der Waals surface area contributed by atoms with Gasteiger partial charge >= 0.3 is 0 Å². The first-order chi connectivity index (χ1) is 15.0. The molecule has 6 heteroatoms. The summed E-state index contributed by atoms with van der Waals surface area (Å²) in [7, 11) is 0. The van der Waals surface area contributed by atoms with Gasteiger partial charge in [-0.3, -0.25) is 14.2 Å². The van der Waals surface area contributed by atoms with Crippen molar-refractivity contribution in [1.82, 2.24) is 9.55 Å². The number of nitrogens with zero attached hydrogens (tertiary/aromatic N) is 2. The quantitative estimate of drug-likeness (QED) is 0.451. The van der Waals surface area contributed by atoms with Crippen LogP contribution in [-0.4, -0.2) is 15.5 Å². The fourth-order valence-corrected chi connectivity index (χ4v) is 4.64. The van der Waals surface area contributed by atoms with Crippen LogP contribution in [0.4, 0.5) is 0 Å². The Hall–Kier alpha value is -3.25. The molecule has 1 amide bonds. The van der Waals surface area contributed by atoms with Crippen LogP contribution in [0.15, 0.2) is 58.7 Å². The van der Waals surface area contributed by atoms with Crippen molar-refractivity contribution in [2.24, 2.45) is 5.73 Å². The van der Waals surface area contributed by atoms with Crippen LogP contribution in [0, 0.1) is 6.92 Å². The molecule has 0 aliphatic heterocycles. The van der Waals surface area contributed by atoms with Crippen molar-refractivity contribution in [3.8, 4) is 22.5 Å². The summed E-state index contributed by atoms with van der Waals surface area (Å²) in [6.07, 6.45) is 1.69. The summed E-state index contributed by atoms with van der Waals surface area (Å²) in [5.74, 6) is 0.253. The maximum absolute atomic E-state index is 13.7. The molecule has 0 aliphatic rings. The number of benzene rings is 2. The Morgan fingerprint density at radius 1 is 1.06 bits per heavy atom. The number of carbonyl (C=O) groups is 1. The van der Waals surface area contributed by atoms with Crippen LogP contribution in [0.25, 0.3) is 32.7 Å². The van der Waals surface area contributed by atoms with Gasteiger partial charge in [-0.2, -0.15) is 0 Å². The molecule has 0 fully saturated rings. The van der Waals surface area contributed by atoms with Gasteiger partial charge in [-0.25, -0.2) is 4.98 Å². The van der Waals surface area contributed by atoms with E-state index in [1.165, 1.54) is 16.9 Å². The fraction of sp³-hybridized carbons (Fsp3) is 0.240. The highest BCUT2D eigenvalue weighted by molar-refractivity contribution is 7.17. The number of thiophene rings is 1. The summed E-state index contributed by atoms with van der Waals surface area (Å²) >= 11 is 1.48. The van der Waals surface area contributed by atoms with Crippen LogP contribution in [0.2, 0.25) is 0 Å². The van der Waals surface area contributed by atoms with E-state index in [0.29, 0.717) is 24.2 Å². The summed E-state index contributed by atoms with van der Waals surface area (Å²) in [4.78, 5) is 30.5. The number of aromatic nitrogens is 2. The standard InChI is InChI=1S/C25H25N3O2S/c1-3-17-8-12-18(13-9-17)20-15-31-24-22(20)25(30)28(14-4-5-21(26)29)23(27-24)19-10-6-16(2)7-11-19/h6-13,15H,3-5,14H2,1-2H3,(H2,26,29). The van der Waals surface area contributed by atoms with E-state index in [-0.39, 0.29) is 17.9 Å². The number of rotatable bonds is 7. The van der Waals surface area contributed by atoms with Gasteiger partial charge in [-0.15, -0.1) is 11.3 Å². The molecule has 2 N–H and O–H groups in total. The van der Waals surface area contributed by atoms with Crippen molar-refractivity contribution in [2.45, 2.75) is 39.7 Å². The van der Waals surface area contributed by atoms with Gasteiger partial charge in [-0.1, -0.05) is 61.0 Å². The Balaban J connectivity index is 1.88. The second kappa shape index (κ2) is 8.86. The summed E-state index contributed by atoms with van der Waals surface area (Å²) < 4.78 is 1.69. The van der Waals surface area contributed by atoms with Gasteiger partial charge in [0.2, 0.25) is 5.91 Å². The minimum absolute atomic E-state index is 0.0825. The van der Waals surface area contributed by atoms with Crippen LogP contribution in [-0.2, 0) is 17.8 Å². The van der Waals surface area contributed by atoms with Gasteiger partial charge in [0.15, 0.2) is 0 Å². The Morgan fingerprint density at radius 3 is 2.39 bits per heavy atom. The number of fused-ring (bicyclic) bond motifs is 1. The number of nitrogens with two attached hydrogens (primary N) is 1. The highest BCUT2D eigenvalue weighted by Gasteiger charge is 2.18. The summed E-state index contributed by atoms with van der Waals surface area (Å²) in [6.45, 7) is 4.53. The lowest BCUT2D eigenvalue weighted by molar-refractivity contribution is -0.118. The average molecular weight is 432 g/mol. The van der Waals surface area contributed by atoms with Crippen LogP contribution in [0.3, 0.4) is 0 Å². The van der Waals surface area contributed by atoms with Gasteiger partial charge in [-0.05, 0) is 30.9 Å². The van der Waals surface area contributed by atoms with Gasteiger partial charge in [0, 0.05) is 29.5 Å². The zero-order chi connectivity index (χ0) is 22.0. The Kier molecular flexibility index (Phi) is 6.00. The average Bonchev–Trinajstić information content (AvgIpc) is 3.20. The van der Waals surface area contributed by atoms with Crippen molar-refractivity contribution >= 4 is 27.5 Å². The van der Waals surface area contributed by atoms with E-state index in [2.05, 4.69) is 31.2 Å². The number of carbonyl (C=O) groups excluding carboxylic acids is 1. The Bertz CT molecular complexity index is 1290. The lowest BCUT2D eigenvalue weighted by Gasteiger charge is -2.13. The SMILES string of the molecule is CCc1ccc(-c2csc3nc(-c4ccc(C)cc4)n(CCCC(N)=O)c(=O)c23)cc1. The van der Waals surface area contributed by atoms with Crippen molar-refractivity contribution in [1.29, 1.82) is 0 Å². The van der Waals surface area contributed by atoms with E-state index in [9.17, 15) is 9.59 Å². The largest absolute Gasteiger partial charge is 0.370 e. The number of amides is 1. The molecule has 0 unspecified atom stereocenters. The monoisotopic (exact) mass is 431 g/mol. The van der Waals surface area contributed by atoms with E-state index < -0.39 is 0 Å². The first-order valence-corrected chi connectivity index (χ1v) is 11.3. The van der Waals surface area contributed by atoms with Crippen LogP contribution in [0.1, 0.15) is 30.9 Å². The van der Waals surface area contributed by atoms with Gasteiger partial charge in [0.25, 0.3) is 5.56 Å². The normalized spacial score (nSPS) is 11.2. The Morgan fingerprint density at radius 2 is 1.74 bits per heavy atom. The molecular weight excluding hydrogens is 406 g/mol. The molecule has 31 heavy (non-hydrogen) atoms. The van der Waals surface area contributed by atoms with Gasteiger partial charge < -0.3 is 5.73 Å². The molecule has 4 aromatic rings. The molecule has 5 nitrogen and oxygen atoms in total. The number of aryl methyl sites for hydroxylation is 2. The minimum atomic E-state index is -0.369. The summed E-state index contributed by atoms with van der Waals surface area (Å²) in [5, 5.41) is 2.64. The molecule has 2 heterocycles. The van der Waals surface area contributed by atoms with E-state index >= 15 is 0 Å². The first-order valence-electron chi connectivity index (χ1n) is 10.4. The van der Waals surface area contributed by atoms with Crippen molar-refractivity contribution < 1.29 is 4.79 Å². The molecule has 0 bridgehead atoms. The second-order valence-electron chi connectivity index (χ2n) is 7.71. The molecule has 0 atom stereocenters. The fourth-order valence-electron chi connectivity index (χ4n) is 3.70. The predicted octanol–water partition coefficient (Wildman–Crippen LogP) is 4.93. The van der Waals surface area contributed by atoms with Crippen LogP contribution < -0.4 is 11.3 Å². The number of hydrogen-bond acceptors (Lipinski definition) is 4. The molecular formula is C25H25N3O2S. The third-order valence-electron chi connectivity index (χ3n) is 5.48. The zero-order valence-corrected chi connectivity index (χ0v) is 18.5. The molecule has 158 valence electrons. The third-order valence-corrected chi connectivity index (χ3v) is 6.35. The lowest BCUT2D eigenvalue weighted by atomic mass is 10.0. The van der Waals surface area contributed by atoms with Crippen LogP contribution in [0.5, 0.6) is 0 Å². The minimum Gasteiger partial charge on any atom is -0.370 e. The smallest absolute Gasteiger partial charge is 0.263 e. The van der Waals surface area contributed by atoms with Crippen molar-refractivity contribution in [3.63, 3.8) is 0 Å². The first kappa shape index (κ1) is 21.0. The Labute approximate surface area is 185 Å². The molecule has 0 saturated heterocycles. The molecule has 0 saturated carbocycles. The maximum atomic E-state index is 13.7. The lowest BCUT2D eigenvalue weighted by Crippen LogP contribution is -2.24. The van der Waals surface area contributed by atoms with E-state index in [1.807, 2.05) is 36.6 Å². The zero-order valence-electron chi connectivity index (χ0n) is 17.7. The molecule has 0 radical (unpaired) electrons. The predicted molar refractivity (Wildman–Crippen MR) is 127 cm³/mol. The summed E-state index contributed by atoms with van der Waals surface area (Å²) in [6, 6.07) is 16.3. The molecule has 0 aliphatic carbocycles. The van der Waals surface area contributed by atoms with E-state index in [4.69, 9.17) is 10.7 Å². The molecule has 2 aromatic heterocycles. The van der Waals surface area contributed by atoms with Crippen molar-refractivity contribution in [3.05, 3.63) is 75.4 Å². The molecule has 4 rings (SSSR count). The number of primary amides is 1. The number of hydrogen-bond donors (Lipinski definition) is 1. The summed E-state index contributed by atoms with van der Waals surface area (Å²) in [5.41, 5.74) is 10.4. The highest BCUT2D eigenvalue weighted by Crippen LogP contribution is 2.32. The van der Waals surface area contributed by atoms with E-state index in [0.717, 1.165) is 33.5 Å². The maximum Gasteiger partial charge on any atom is 0.263 e. The third kappa shape index (κ3) is 4.30. The molecule has 2 aromatic carbocycles. The van der Waals surface area contributed by atoms with Crippen LogP contribution >= 0.6 is 11.3 Å². The van der Waals surface area contributed by atoms with E-state index in [1.54, 1.807) is 4.57 Å². The topological polar surface area (TPSA) is 78.0 Å². The second-order valence-corrected chi connectivity index (χ2v) is 8.57. The molecule has 0 spiro atoms. The van der Waals surface area contributed by atoms with Crippen molar-refractivity contribution in [2.75, 3.05) is 0 Å². The van der Waals surface area contributed by atoms with Gasteiger partial charge in [0.05, 0.1) is 5.39 Å². The van der Waals surface area contributed by atoms with Gasteiger partial charge in [0.1, 0.15) is 10.7 Å².